The van der Waals surface area contributed by atoms with Crippen molar-refractivity contribution in [3.63, 3.8) is 0 Å². The van der Waals surface area contributed by atoms with Gasteiger partial charge in [0.25, 0.3) is 0 Å². The van der Waals surface area contributed by atoms with Crippen LogP contribution in [0.5, 0.6) is 0 Å². The Bertz CT molecular complexity index is 506. The van der Waals surface area contributed by atoms with Crippen molar-refractivity contribution in [1.82, 2.24) is 4.98 Å². The predicted octanol–water partition coefficient (Wildman–Crippen LogP) is 2.31. The highest BCUT2D eigenvalue weighted by Crippen LogP contribution is 2.23. The molecule has 0 spiro atoms. The smallest absolute Gasteiger partial charge is 0.192 e. The number of oxazole rings is 1. The number of hydrogen-bond acceptors (Lipinski definition) is 4. The molecule has 0 aliphatic carbocycles. The fraction of sp³-hybridized carbons (Fsp3) is 0.462. The minimum atomic E-state index is 0.418. The maximum atomic E-state index is 5.58. The lowest BCUT2D eigenvalue weighted by atomic mass is 10.2. The van der Waals surface area contributed by atoms with E-state index in [1.807, 2.05) is 19.1 Å². The molecule has 0 radical (unpaired) electrons. The average molecular weight is 233 g/mol. The minimum Gasteiger partial charge on any atom is -0.441 e. The van der Waals surface area contributed by atoms with Crippen molar-refractivity contribution in [3.05, 3.63) is 24.1 Å². The molecule has 17 heavy (non-hydrogen) atoms. The molecule has 1 aromatic heterocycles. The van der Waals surface area contributed by atoms with Gasteiger partial charge in [-0.3, -0.25) is 0 Å². The van der Waals surface area contributed by atoms with E-state index in [0.29, 0.717) is 18.5 Å². The zero-order valence-electron chi connectivity index (χ0n) is 10.6. The Labute approximate surface area is 101 Å². The summed E-state index contributed by atoms with van der Waals surface area (Å²) in [6, 6.07) is 6.51. The Morgan fingerprint density at radius 2 is 2.24 bits per heavy atom. The lowest BCUT2D eigenvalue weighted by molar-refractivity contribution is 0.560. The van der Waals surface area contributed by atoms with Crippen LogP contribution in [0.1, 0.15) is 19.2 Å². The number of fused-ring (bicyclic) bond motifs is 1. The van der Waals surface area contributed by atoms with E-state index in [4.69, 9.17) is 10.2 Å². The first-order valence-corrected chi connectivity index (χ1v) is 5.92. The van der Waals surface area contributed by atoms with Gasteiger partial charge in [0.1, 0.15) is 5.52 Å². The van der Waals surface area contributed by atoms with Gasteiger partial charge < -0.3 is 15.1 Å². The van der Waals surface area contributed by atoms with E-state index in [2.05, 4.69) is 29.9 Å². The third kappa shape index (κ3) is 2.42. The third-order valence-electron chi connectivity index (χ3n) is 3.13. The Morgan fingerprint density at radius 1 is 1.47 bits per heavy atom. The van der Waals surface area contributed by atoms with Crippen molar-refractivity contribution in [2.45, 2.75) is 26.3 Å². The second kappa shape index (κ2) is 4.75. The molecule has 0 saturated carbocycles. The molecule has 1 heterocycles. The summed E-state index contributed by atoms with van der Waals surface area (Å²) >= 11 is 0. The summed E-state index contributed by atoms with van der Waals surface area (Å²) < 4.78 is 5.54. The number of anilines is 1. The largest absolute Gasteiger partial charge is 0.441 e. The van der Waals surface area contributed by atoms with Gasteiger partial charge in [-0.15, -0.1) is 0 Å². The van der Waals surface area contributed by atoms with E-state index < -0.39 is 0 Å². The molecule has 2 N–H and O–H groups in total. The van der Waals surface area contributed by atoms with Crippen LogP contribution in [0.25, 0.3) is 11.1 Å². The number of benzene rings is 1. The molecule has 0 aliphatic heterocycles. The molecule has 1 atom stereocenters. The first-order chi connectivity index (χ1) is 8.11. The maximum absolute atomic E-state index is 5.58. The first kappa shape index (κ1) is 11.9. The van der Waals surface area contributed by atoms with E-state index in [0.717, 1.165) is 23.2 Å². The molecular formula is C13H19N3O. The van der Waals surface area contributed by atoms with Gasteiger partial charge in [-0.05, 0) is 32.0 Å². The molecule has 0 amide bonds. The van der Waals surface area contributed by atoms with Gasteiger partial charge in [-0.2, -0.15) is 0 Å². The summed E-state index contributed by atoms with van der Waals surface area (Å²) in [6.07, 6.45) is 0.976. The first-order valence-electron chi connectivity index (χ1n) is 5.92. The van der Waals surface area contributed by atoms with Gasteiger partial charge >= 0.3 is 0 Å². The van der Waals surface area contributed by atoms with Crippen molar-refractivity contribution in [1.29, 1.82) is 0 Å². The molecule has 2 aromatic rings. The van der Waals surface area contributed by atoms with Crippen LogP contribution in [-0.4, -0.2) is 24.6 Å². The lowest BCUT2D eigenvalue weighted by Crippen LogP contribution is -2.30. The van der Waals surface area contributed by atoms with E-state index in [1.54, 1.807) is 0 Å². The van der Waals surface area contributed by atoms with Crippen LogP contribution in [0, 0.1) is 6.92 Å². The van der Waals surface area contributed by atoms with E-state index in [9.17, 15) is 0 Å². The Balaban J connectivity index is 2.28. The van der Waals surface area contributed by atoms with Crippen molar-refractivity contribution in [3.8, 4) is 0 Å². The number of aromatic nitrogens is 1. The fourth-order valence-corrected chi connectivity index (χ4v) is 1.94. The summed E-state index contributed by atoms with van der Waals surface area (Å²) in [5.74, 6) is 0.704. The van der Waals surface area contributed by atoms with Gasteiger partial charge in [0.05, 0.1) is 0 Å². The average Bonchev–Trinajstić information content (AvgIpc) is 2.67. The number of nitrogens with two attached hydrogens (primary N) is 1. The van der Waals surface area contributed by atoms with Crippen molar-refractivity contribution >= 4 is 16.8 Å². The summed E-state index contributed by atoms with van der Waals surface area (Å²) in [6.45, 7) is 4.73. The molecule has 0 saturated heterocycles. The van der Waals surface area contributed by atoms with Crippen molar-refractivity contribution in [2.24, 2.45) is 5.73 Å². The highest BCUT2D eigenvalue weighted by Gasteiger charge is 2.11. The Hall–Kier alpha value is -1.55. The van der Waals surface area contributed by atoms with Crippen molar-refractivity contribution < 1.29 is 4.42 Å². The molecule has 0 fully saturated rings. The summed E-state index contributed by atoms with van der Waals surface area (Å²) in [5.41, 5.74) is 8.47. The Kier molecular flexibility index (Phi) is 3.33. The zero-order valence-corrected chi connectivity index (χ0v) is 10.6. The van der Waals surface area contributed by atoms with Gasteiger partial charge in [0.2, 0.25) is 0 Å². The van der Waals surface area contributed by atoms with Crippen LogP contribution in [0.15, 0.2) is 22.6 Å². The fourth-order valence-electron chi connectivity index (χ4n) is 1.94. The number of nitrogens with zero attached hydrogens (tertiary/aromatic N) is 2. The minimum absolute atomic E-state index is 0.418. The summed E-state index contributed by atoms with van der Waals surface area (Å²) in [4.78, 5) is 6.50. The van der Waals surface area contributed by atoms with Gasteiger partial charge in [0.15, 0.2) is 11.5 Å². The molecule has 0 aliphatic rings. The van der Waals surface area contributed by atoms with Crippen LogP contribution in [0.4, 0.5) is 5.69 Å². The van der Waals surface area contributed by atoms with Crippen LogP contribution < -0.4 is 10.6 Å². The number of aryl methyl sites for hydroxylation is 1. The van der Waals surface area contributed by atoms with E-state index in [-0.39, 0.29) is 0 Å². The SMILES string of the molecule is Cc1nc2ccc(N(C)C(C)CCN)cc2o1. The Morgan fingerprint density at radius 3 is 2.94 bits per heavy atom. The molecule has 0 bridgehead atoms. The number of rotatable bonds is 4. The van der Waals surface area contributed by atoms with Crippen LogP contribution in [-0.2, 0) is 0 Å². The lowest BCUT2D eigenvalue weighted by Gasteiger charge is -2.26. The third-order valence-corrected chi connectivity index (χ3v) is 3.13. The summed E-state index contributed by atoms with van der Waals surface area (Å²) in [7, 11) is 2.07. The van der Waals surface area contributed by atoms with Gasteiger partial charge in [0, 0.05) is 31.8 Å². The topological polar surface area (TPSA) is 55.3 Å². The van der Waals surface area contributed by atoms with Gasteiger partial charge in [-0.25, -0.2) is 4.98 Å². The second-order valence-electron chi connectivity index (χ2n) is 4.42. The predicted molar refractivity (Wildman–Crippen MR) is 70.3 cm³/mol. The molecule has 1 aromatic carbocycles. The molecule has 92 valence electrons. The second-order valence-corrected chi connectivity index (χ2v) is 4.42. The van der Waals surface area contributed by atoms with Gasteiger partial charge in [-0.1, -0.05) is 0 Å². The standard InChI is InChI=1S/C13H19N3O/c1-9(6-7-14)16(3)11-4-5-12-13(8-11)17-10(2)15-12/h4-5,8-9H,6-7,14H2,1-3H3. The van der Waals surface area contributed by atoms with E-state index >= 15 is 0 Å². The quantitative estimate of drug-likeness (QED) is 0.880. The zero-order chi connectivity index (χ0) is 12.4. The van der Waals surface area contributed by atoms with Crippen LogP contribution >= 0.6 is 0 Å². The highest BCUT2D eigenvalue weighted by molar-refractivity contribution is 5.77. The molecular weight excluding hydrogens is 214 g/mol. The summed E-state index contributed by atoms with van der Waals surface area (Å²) in [5, 5.41) is 0. The molecule has 1 unspecified atom stereocenters. The highest BCUT2D eigenvalue weighted by atomic mass is 16.3. The maximum Gasteiger partial charge on any atom is 0.192 e. The molecule has 4 nitrogen and oxygen atoms in total. The number of hydrogen-bond donors (Lipinski definition) is 1. The molecule has 4 heteroatoms. The van der Waals surface area contributed by atoms with Crippen molar-refractivity contribution in [2.75, 3.05) is 18.5 Å². The van der Waals surface area contributed by atoms with E-state index in [1.165, 1.54) is 0 Å². The molecule has 2 rings (SSSR count). The normalized spacial score (nSPS) is 12.9. The monoisotopic (exact) mass is 233 g/mol. The van der Waals surface area contributed by atoms with Crippen LogP contribution in [0.2, 0.25) is 0 Å². The van der Waals surface area contributed by atoms with Crippen LogP contribution in [0.3, 0.4) is 0 Å².